The molecule has 2 heterocycles. The molecule has 0 aliphatic carbocycles. The van der Waals surface area contributed by atoms with Crippen molar-refractivity contribution in [1.29, 1.82) is 0 Å². The maximum Gasteiger partial charge on any atom is 0.289 e. The van der Waals surface area contributed by atoms with Crippen molar-refractivity contribution in [3.8, 4) is 5.75 Å². The molecule has 2 aliphatic heterocycles. The number of amides is 4. The van der Waals surface area contributed by atoms with Crippen molar-refractivity contribution < 1.29 is 23.9 Å². The van der Waals surface area contributed by atoms with E-state index >= 15 is 0 Å². The van der Waals surface area contributed by atoms with Crippen LogP contribution in [0.15, 0.2) is 48.5 Å². The summed E-state index contributed by atoms with van der Waals surface area (Å²) in [7, 11) is 0. The summed E-state index contributed by atoms with van der Waals surface area (Å²) in [6, 6.07) is 14.3. The van der Waals surface area contributed by atoms with Crippen molar-refractivity contribution >= 4 is 46.1 Å². The molecule has 1 N–H and O–H groups in total. The van der Waals surface area contributed by atoms with Gasteiger partial charge in [0.25, 0.3) is 5.24 Å². The minimum absolute atomic E-state index is 0.0636. The Morgan fingerprint density at radius 1 is 1.03 bits per heavy atom. The van der Waals surface area contributed by atoms with Crippen LogP contribution in [0.4, 0.5) is 16.2 Å². The number of nitrogens with one attached hydrogen (secondary N) is 1. The van der Waals surface area contributed by atoms with Crippen molar-refractivity contribution in [2.24, 2.45) is 0 Å². The van der Waals surface area contributed by atoms with Gasteiger partial charge < -0.3 is 15.0 Å². The van der Waals surface area contributed by atoms with Crippen LogP contribution in [-0.2, 0) is 20.9 Å². The van der Waals surface area contributed by atoms with E-state index in [9.17, 15) is 19.2 Å². The number of ether oxygens (including phenoxy) is 1. The average Bonchev–Trinajstić information content (AvgIpc) is 3.10. The van der Waals surface area contributed by atoms with Gasteiger partial charge in [0.2, 0.25) is 17.7 Å². The van der Waals surface area contributed by atoms with Gasteiger partial charge in [-0.3, -0.25) is 24.1 Å². The molecule has 2 aromatic rings. The number of rotatable bonds is 6. The number of anilines is 2. The summed E-state index contributed by atoms with van der Waals surface area (Å²) in [5.74, 6) is 0.271. The molecule has 2 aromatic carbocycles. The highest BCUT2D eigenvalue weighted by molar-refractivity contribution is 8.14. The van der Waals surface area contributed by atoms with Gasteiger partial charge in [-0.1, -0.05) is 36.0 Å². The van der Waals surface area contributed by atoms with E-state index in [1.54, 1.807) is 29.2 Å². The van der Waals surface area contributed by atoms with Crippen LogP contribution in [0.3, 0.4) is 0 Å². The number of nitrogens with zero attached hydrogens (tertiary/aromatic N) is 2. The summed E-state index contributed by atoms with van der Waals surface area (Å²) >= 11 is 1.00. The molecule has 4 rings (SSSR count). The van der Waals surface area contributed by atoms with Crippen LogP contribution >= 0.6 is 11.8 Å². The molecule has 0 atom stereocenters. The van der Waals surface area contributed by atoms with Crippen LogP contribution in [0.2, 0.25) is 0 Å². The summed E-state index contributed by atoms with van der Waals surface area (Å²) in [5.41, 5.74) is 2.11. The minimum atomic E-state index is -0.260. The standard InChI is InChI=1S/C22H21N3O5S/c26-19(9-10-20(27)24-11-12-30-18-4-2-1-3-17(18)24)23-16-7-5-15(6-8-16)13-25-21(28)14-31-22(25)29/h1-8H,9-14H2,(H,23,26). The molecule has 0 aromatic heterocycles. The molecular formula is C22H21N3O5S. The molecule has 0 unspecified atom stereocenters. The smallest absolute Gasteiger partial charge is 0.289 e. The summed E-state index contributed by atoms with van der Waals surface area (Å²) in [6.45, 7) is 1.10. The molecule has 8 nitrogen and oxygen atoms in total. The van der Waals surface area contributed by atoms with E-state index in [1.165, 1.54) is 4.90 Å². The Hall–Kier alpha value is -3.33. The third kappa shape index (κ3) is 4.88. The quantitative estimate of drug-likeness (QED) is 0.743. The van der Waals surface area contributed by atoms with E-state index < -0.39 is 0 Å². The fourth-order valence-electron chi connectivity index (χ4n) is 3.42. The summed E-state index contributed by atoms with van der Waals surface area (Å²) in [5, 5.41) is 2.53. The molecule has 9 heteroatoms. The third-order valence-corrected chi connectivity index (χ3v) is 5.87. The largest absolute Gasteiger partial charge is 0.490 e. The van der Waals surface area contributed by atoms with Crippen LogP contribution in [0.5, 0.6) is 5.75 Å². The first kappa shape index (κ1) is 20.9. The van der Waals surface area contributed by atoms with E-state index in [0.717, 1.165) is 23.0 Å². The van der Waals surface area contributed by atoms with Gasteiger partial charge in [0, 0.05) is 18.5 Å². The second-order valence-electron chi connectivity index (χ2n) is 7.14. The van der Waals surface area contributed by atoms with Gasteiger partial charge >= 0.3 is 0 Å². The van der Waals surface area contributed by atoms with Crippen LogP contribution in [-0.4, -0.2) is 46.8 Å². The lowest BCUT2D eigenvalue weighted by atomic mass is 10.1. The number of imide groups is 1. The monoisotopic (exact) mass is 439 g/mol. The molecule has 160 valence electrons. The molecule has 0 spiro atoms. The Balaban J connectivity index is 1.28. The fourth-order valence-corrected chi connectivity index (χ4v) is 4.14. The summed E-state index contributed by atoms with van der Waals surface area (Å²) < 4.78 is 5.56. The molecule has 4 amide bonds. The Labute approximate surface area is 183 Å². The number of para-hydroxylation sites is 2. The molecule has 0 radical (unpaired) electrons. The van der Waals surface area contributed by atoms with Crippen molar-refractivity contribution in [1.82, 2.24) is 4.90 Å². The number of fused-ring (bicyclic) bond motifs is 1. The molecule has 2 aliphatic rings. The lowest BCUT2D eigenvalue weighted by Crippen LogP contribution is -2.38. The molecular weight excluding hydrogens is 418 g/mol. The summed E-state index contributed by atoms with van der Waals surface area (Å²) in [6.07, 6.45) is 0.156. The Bertz CT molecular complexity index is 1010. The topological polar surface area (TPSA) is 96.0 Å². The van der Waals surface area contributed by atoms with Gasteiger partial charge in [-0.25, -0.2) is 0 Å². The first-order chi connectivity index (χ1) is 15.0. The van der Waals surface area contributed by atoms with E-state index in [2.05, 4.69) is 5.32 Å². The number of hydrogen-bond donors (Lipinski definition) is 1. The van der Waals surface area contributed by atoms with E-state index in [0.29, 0.717) is 24.6 Å². The van der Waals surface area contributed by atoms with Crippen LogP contribution in [0.25, 0.3) is 0 Å². The third-order valence-electron chi connectivity index (χ3n) is 5.01. The number of carbonyl (C=O) groups excluding carboxylic acids is 4. The fraction of sp³-hybridized carbons (Fsp3) is 0.273. The van der Waals surface area contributed by atoms with Crippen LogP contribution in [0, 0.1) is 0 Å². The second kappa shape index (κ2) is 9.22. The van der Waals surface area contributed by atoms with E-state index in [-0.39, 0.29) is 48.1 Å². The number of benzene rings is 2. The van der Waals surface area contributed by atoms with Crippen LogP contribution in [0.1, 0.15) is 18.4 Å². The highest BCUT2D eigenvalue weighted by atomic mass is 32.2. The van der Waals surface area contributed by atoms with Crippen molar-refractivity contribution in [3.05, 3.63) is 54.1 Å². The average molecular weight is 439 g/mol. The molecule has 0 saturated carbocycles. The number of hydrogen-bond acceptors (Lipinski definition) is 6. The Kier molecular flexibility index (Phi) is 6.22. The zero-order chi connectivity index (χ0) is 21.8. The van der Waals surface area contributed by atoms with E-state index in [1.807, 2.05) is 24.3 Å². The van der Waals surface area contributed by atoms with Gasteiger partial charge in [0.1, 0.15) is 12.4 Å². The first-order valence-electron chi connectivity index (χ1n) is 9.89. The Morgan fingerprint density at radius 2 is 1.81 bits per heavy atom. The van der Waals surface area contributed by atoms with Crippen molar-refractivity contribution in [2.75, 3.05) is 29.1 Å². The summed E-state index contributed by atoms with van der Waals surface area (Å²) in [4.78, 5) is 51.2. The zero-order valence-corrected chi connectivity index (χ0v) is 17.5. The normalized spacial score (nSPS) is 15.5. The predicted octanol–water partition coefficient (Wildman–Crippen LogP) is 3.03. The maximum absolute atomic E-state index is 12.6. The van der Waals surface area contributed by atoms with Gasteiger partial charge in [-0.15, -0.1) is 0 Å². The SMILES string of the molecule is O=C(CCC(=O)N1CCOc2ccccc21)Nc1ccc(CN2C(=O)CSC2=O)cc1. The van der Waals surface area contributed by atoms with Gasteiger partial charge in [0.15, 0.2) is 0 Å². The first-order valence-corrected chi connectivity index (χ1v) is 10.9. The Morgan fingerprint density at radius 3 is 2.55 bits per heavy atom. The molecule has 1 fully saturated rings. The second-order valence-corrected chi connectivity index (χ2v) is 8.07. The zero-order valence-electron chi connectivity index (χ0n) is 16.7. The highest BCUT2D eigenvalue weighted by Gasteiger charge is 2.29. The highest BCUT2D eigenvalue weighted by Crippen LogP contribution is 2.31. The number of carbonyl (C=O) groups is 4. The van der Waals surface area contributed by atoms with Gasteiger partial charge in [0.05, 0.1) is 24.5 Å². The van der Waals surface area contributed by atoms with Crippen molar-refractivity contribution in [2.45, 2.75) is 19.4 Å². The predicted molar refractivity (Wildman–Crippen MR) is 117 cm³/mol. The van der Waals surface area contributed by atoms with E-state index in [4.69, 9.17) is 4.74 Å². The molecule has 31 heavy (non-hydrogen) atoms. The molecule has 0 bridgehead atoms. The van der Waals surface area contributed by atoms with Gasteiger partial charge in [-0.2, -0.15) is 0 Å². The van der Waals surface area contributed by atoms with Gasteiger partial charge in [-0.05, 0) is 29.8 Å². The minimum Gasteiger partial charge on any atom is -0.490 e. The lowest BCUT2D eigenvalue weighted by molar-refractivity contribution is -0.125. The maximum atomic E-state index is 12.6. The van der Waals surface area contributed by atoms with Crippen LogP contribution < -0.4 is 15.0 Å². The molecule has 1 saturated heterocycles. The lowest BCUT2D eigenvalue weighted by Gasteiger charge is -2.29. The van der Waals surface area contributed by atoms with Crippen molar-refractivity contribution in [3.63, 3.8) is 0 Å². The number of thioether (sulfide) groups is 1.